The van der Waals surface area contributed by atoms with Crippen molar-refractivity contribution in [3.63, 3.8) is 0 Å². The number of benzene rings is 2. The second-order valence-corrected chi connectivity index (χ2v) is 11.0. The molecule has 0 bridgehead atoms. The van der Waals surface area contributed by atoms with E-state index in [0.29, 0.717) is 16.6 Å². The number of aliphatic hydroxyl groups is 1. The van der Waals surface area contributed by atoms with Gasteiger partial charge in [-0.05, 0) is 38.1 Å². The summed E-state index contributed by atoms with van der Waals surface area (Å²) in [6, 6.07) is 8.74. The molecule has 0 aliphatic carbocycles. The van der Waals surface area contributed by atoms with Crippen LogP contribution >= 0.6 is 11.6 Å². The van der Waals surface area contributed by atoms with Crippen LogP contribution in [0.2, 0.25) is 5.02 Å². The number of hydrogen-bond acceptors (Lipinski definition) is 7. The number of hydrogen-bond donors (Lipinski definition) is 4. The number of aliphatic hydroxyl groups excluding tert-OH is 1. The molecule has 5 N–H and O–H groups in total. The molecule has 0 radical (unpaired) electrons. The zero-order chi connectivity index (χ0) is 31.5. The van der Waals surface area contributed by atoms with Gasteiger partial charge in [0.2, 0.25) is 11.8 Å². The molecule has 1 aliphatic heterocycles. The van der Waals surface area contributed by atoms with Crippen molar-refractivity contribution >= 4 is 45.9 Å². The Hall–Kier alpha value is -3.88. The zero-order valence-electron chi connectivity index (χ0n) is 23.6. The third kappa shape index (κ3) is 7.75. The predicted molar refractivity (Wildman–Crippen MR) is 154 cm³/mol. The van der Waals surface area contributed by atoms with Crippen LogP contribution in [0, 0.1) is 5.82 Å². The fraction of sp³-hybridized carbons (Fsp3) is 0.429. The summed E-state index contributed by atoms with van der Waals surface area (Å²) in [5.74, 6) is -5.24. The van der Waals surface area contributed by atoms with Crippen LogP contribution in [0.25, 0.3) is 10.9 Å². The summed E-state index contributed by atoms with van der Waals surface area (Å²) in [5.41, 5.74) is 6.40. The van der Waals surface area contributed by atoms with E-state index in [1.807, 2.05) is 0 Å². The van der Waals surface area contributed by atoms with Gasteiger partial charge in [-0.1, -0.05) is 23.7 Å². The first-order valence-electron chi connectivity index (χ1n) is 13.6. The van der Waals surface area contributed by atoms with E-state index in [4.69, 9.17) is 17.3 Å². The maximum absolute atomic E-state index is 14.2. The van der Waals surface area contributed by atoms with E-state index in [-0.39, 0.29) is 67.9 Å². The van der Waals surface area contributed by atoms with Crippen molar-refractivity contribution in [3.05, 3.63) is 58.5 Å². The van der Waals surface area contributed by atoms with Gasteiger partial charge in [-0.25, -0.2) is 13.2 Å². The Morgan fingerprint density at radius 2 is 1.88 bits per heavy atom. The van der Waals surface area contributed by atoms with Crippen LogP contribution in [0.1, 0.15) is 42.7 Å². The summed E-state index contributed by atoms with van der Waals surface area (Å²) < 4.78 is 42.4. The Labute approximate surface area is 250 Å². The first kappa shape index (κ1) is 32.0. The zero-order valence-corrected chi connectivity index (χ0v) is 24.4. The number of anilines is 1. The van der Waals surface area contributed by atoms with Gasteiger partial charge in [0.05, 0.1) is 17.1 Å². The molecule has 1 saturated heterocycles. The van der Waals surface area contributed by atoms with E-state index in [9.17, 15) is 32.7 Å². The first-order valence-corrected chi connectivity index (χ1v) is 14.0. The van der Waals surface area contributed by atoms with Gasteiger partial charge in [0.1, 0.15) is 12.4 Å². The van der Waals surface area contributed by atoms with Gasteiger partial charge in [-0.15, -0.1) is 0 Å². The summed E-state index contributed by atoms with van der Waals surface area (Å²) in [6.45, 7) is 2.70. The number of carbonyl (C=O) groups excluding carboxylic acids is 3. The third-order valence-corrected chi connectivity index (χ3v) is 7.50. The van der Waals surface area contributed by atoms with Gasteiger partial charge in [0, 0.05) is 55.2 Å². The summed E-state index contributed by atoms with van der Waals surface area (Å²) in [6.07, 6.45) is -1.98. The molecular formula is C28H33ClF3N7O4. The lowest BCUT2D eigenvalue weighted by atomic mass is 10.1. The number of fused-ring (bicyclic) bond motifs is 1. The Bertz CT molecular complexity index is 1510. The van der Waals surface area contributed by atoms with E-state index in [1.165, 1.54) is 32.7 Å². The van der Waals surface area contributed by atoms with Crippen molar-refractivity contribution in [1.82, 2.24) is 24.9 Å². The minimum Gasteiger partial charge on any atom is -0.364 e. The van der Waals surface area contributed by atoms with Gasteiger partial charge in [0.15, 0.2) is 12.0 Å². The van der Waals surface area contributed by atoms with Crippen molar-refractivity contribution in [2.24, 2.45) is 5.73 Å². The molecule has 1 unspecified atom stereocenters. The molecule has 3 amide bonds. The minimum atomic E-state index is -2.76. The maximum Gasteiger partial charge on any atom is 0.269 e. The average molecular weight is 624 g/mol. The molecule has 11 nitrogen and oxygen atoms in total. The number of primary amides is 1. The average Bonchev–Trinajstić information content (AvgIpc) is 3.29. The minimum absolute atomic E-state index is 0.00212. The van der Waals surface area contributed by atoms with E-state index in [0.717, 1.165) is 0 Å². The van der Waals surface area contributed by atoms with Crippen LogP contribution in [-0.4, -0.2) is 80.4 Å². The number of halogens is 4. The summed E-state index contributed by atoms with van der Waals surface area (Å²) in [4.78, 5) is 40.9. The van der Waals surface area contributed by atoms with Crippen LogP contribution in [0.4, 0.5) is 18.9 Å². The highest BCUT2D eigenvalue weighted by atomic mass is 35.5. The number of rotatable bonds is 11. The fourth-order valence-corrected chi connectivity index (χ4v) is 4.97. The second-order valence-electron chi connectivity index (χ2n) is 10.6. The molecule has 1 atom stereocenters. The lowest BCUT2D eigenvalue weighted by Gasteiger charge is -2.35. The van der Waals surface area contributed by atoms with E-state index >= 15 is 0 Å². The Morgan fingerprint density at radius 3 is 2.53 bits per heavy atom. The molecule has 2 heterocycles. The largest absolute Gasteiger partial charge is 0.364 e. The quantitative estimate of drug-likeness (QED) is 0.240. The molecule has 4 rings (SSSR count). The highest BCUT2D eigenvalue weighted by Gasteiger charge is 2.36. The molecule has 232 valence electrons. The summed E-state index contributed by atoms with van der Waals surface area (Å²) in [7, 11) is 0. The SMILES string of the molecule is CC(C)N(CC(=O)NCc1cccc(Cl)c1F)C(=O)Cn1nc(C(N)=O)c2cc(NC(O)N3CCC(F)(F)CC3)ccc21. The fourth-order valence-electron chi connectivity index (χ4n) is 4.77. The van der Waals surface area contributed by atoms with Gasteiger partial charge in [-0.2, -0.15) is 5.10 Å². The van der Waals surface area contributed by atoms with Crippen molar-refractivity contribution in [2.45, 2.75) is 58.1 Å². The molecule has 1 fully saturated rings. The number of nitrogens with zero attached hydrogens (tertiary/aromatic N) is 4. The molecule has 1 aliphatic rings. The topological polar surface area (TPSA) is 146 Å². The highest BCUT2D eigenvalue weighted by Crippen LogP contribution is 2.29. The van der Waals surface area contributed by atoms with E-state index in [2.05, 4.69) is 15.7 Å². The number of nitrogens with one attached hydrogen (secondary N) is 2. The van der Waals surface area contributed by atoms with Crippen LogP contribution in [0.5, 0.6) is 0 Å². The summed E-state index contributed by atoms with van der Waals surface area (Å²) in [5, 5.41) is 20.4. The number of carbonyl (C=O) groups is 3. The molecular weight excluding hydrogens is 591 g/mol. The molecule has 0 spiro atoms. The second kappa shape index (κ2) is 13.2. The molecule has 1 aromatic heterocycles. The van der Waals surface area contributed by atoms with Crippen LogP contribution in [0.3, 0.4) is 0 Å². The smallest absolute Gasteiger partial charge is 0.269 e. The van der Waals surface area contributed by atoms with Gasteiger partial charge >= 0.3 is 0 Å². The molecule has 15 heteroatoms. The van der Waals surface area contributed by atoms with Gasteiger partial charge in [0.25, 0.3) is 11.8 Å². The first-order chi connectivity index (χ1) is 20.3. The van der Waals surface area contributed by atoms with Gasteiger partial charge in [-0.3, -0.25) is 24.0 Å². The van der Waals surface area contributed by atoms with E-state index in [1.54, 1.807) is 32.0 Å². The Kier molecular flexibility index (Phi) is 9.82. The Balaban J connectivity index is 1.46. The van der Waals surface area contributed by atoms with E-state index < -0.39 is 35.8 Å². The van der Waals surface area contributed by atoms with Crippen LogP contribution in [0.15, 0.2) is 36.4 Å². The number of aromatic nitrogens is 2. The normalized spacial score (nSPS) is 15.8. The Morgan fingerprint density at radius 1 is 1.19 bits per heavy atom. The number of piperidine rings is 1. The molecule has 3 aromatic rings. The van der Waals surface area contributed by atoms with Gasteiger partial charge < -0.3 is 26.4 Å². The predicted octanol–water partition coefficient (Wildman–Crippen LogP) is 2.90. The van der Waals surface area contributed by atoms with Crippen LogP contribution < -0.4 is 16.4 Å². The monoisotopic (exact) mass is 623 g/mol. The van der Waals surface area contributed by atoms with Crippen molar-refractivity contribution in [3.8, 4) is 0 Å². The number of nitrogens with two attached hydrogens (primary N) is 1. The van der Waals surface area contributed by atoms with Crippen molar-refractivity contribution in [2.75, 3.05) is 25.0 Å². The lowest BCUT2D eigenvalue weighted by molar-refractivity contribution is -0.138. The van der Waals surface area contributed by atoms with Crippen LogP contribution in [-0.2, 0) is 22.7 Å². The van der Waals surface area contributed by atoms with Crippen molar-refractivity contribution in [1.29, 1.82) is 0 Å². The lowest BCUT2D eigenvalue weighted by Crippen LogP contribution is -2.48. The number of likely N-dealkylation sites (tertiary alicyclic amines) is 1. The maximum atomic E-state index is 14.2. The standard InChI is InChI=1S/C28H33ClF3N7O4/c1-16(2)38(14-22(40)34-13-17-4-3-5-20(29)24(17)30)23(41)15-39-21-7-6-18(12-19(21)25(36-39)26(33)42)35-27(43)37-10-8-28(31,32)9-11-37/h3-7,12,16,27,35,43H,8-11,13-15H2,1-2H3,(H2,33,42)(H,34,40). The number of amides is 3. The molecule has 0 saturated carbocycles. The third-order valence-electron chi connectivity index (χ3n) is 7.21. The highest BCUT2D eigenvalue weighted by molar-refractivity contribution is 6.30. The number of alkyl halides is 2. The summed E-state index contributed by atoms with van der Waals surface area (Å²) >= 11 is 5.79. The molecule has 2 aromatic carbocycles. The molecule has 43 heavy (non-hydrogen) atoms. The van der Waals surface area contributed by atoms with Crippen molar-refractivity contribution < 1.29 is 32.7 Å².